The molecule has 0 radical (unpaired) electrons. The smallest absolute Gasteiger partial charge is 0.341 e. The van der Waals surface area contributed by atoms with Crippen LogP contribution in [-0.2, 0) is 6.42 Å². The van der Waals surface area contributed by atoms with E-state index in [9.17, 15) is 14.7 Å². The van der Waals surface area contributed by atoms with E-state index in [1.54, 1.807) is 26.4 Å². The van der Waals surface area contributed by atoms with Gasteiger partial charge < -0.3 is 30.6 Å². The number of pyridine rings is 1. The summed E-state index contributed by atoms with van der Waals surface area (Å²) in [6.45, 7) is 0. The molecule has 42 heavy (non-hydrogen) atoms. The fourth-order valence-electron chi connectivity index (χ4n) is 5.48. The second-order valence-corrected chi connectivity index (χ2v) is 10.0. The van der Waals surface area contributed by atoms with Crippen LogP contribution < -0.4 is 26.4 Å². The zero-order valence-electron chi connectivity index (χ0n) is 23.3. The van der Waals surface area contributed by atoms with Crippen LogP contribution >= 0.6 is 12.4 Å². The van der Waals surface area contributed by atoms with Crippen molar-refractivity contribution in [1.29, 1.82) is 0 Å². The third-order valence-corrected chi connectivity index (χ3v) is 7.46. The summed E-state index contributed by atoms with van der Waals surface area (Å²) in [5.74, 6) is 6.42. The lowest BCUT2D eigenvalue weighted by Gasteiger charge is -2.27. The summed E-state index contributed by atoms with van der Waals surface area (Å²) in [6.07, 6.45) is 8.15. The lowest BCUT2D eigenvalue weighted by molar-refractivity contribution is 0.0694. The monoisotopic (exact) mass is 589 g/mol. The Hall–Kier alpha value is -4.75. The zero-order chi connectivity index (χ0) is 29.1. The van der Waals surface area contributed by atoms with Crippen molar-refractivity contribution in [1.82, 2.24) is 14.5 Å². The minimum atomic E-state index is -1.27. The molecule has 0 bridgehead atoms. The lowest BCUT2D eigenvalue weighted by Crippen LogP contribution is -2.23. The molecular formula is C31H32ClN5O5. The second-order valence-electron chi connectivity index (χ2n) is 10.0. The van der Waals surface area contributed by atoms with Gasteiger partial charge in [-0.1, -0.05) is 37.2 Å². The number of fused-ring (bicyclic) bond motifs is 1. The SMILES string of the molecule is COc1cccc(C#Cc2cc(Cc3cnc(N)nc3N)c3c(=O)c(C(=O)O)cn(C4CCCCC4)c3c2)c1OC.Cl. The third kappa shape index (κ3) is 5.97. The van der Waals surface area contributed by atoms with Gasteiger partial charge in [-0.2, -0.15) is 4.98 Å². The molecule has 2 aromatic carbocycles. The standard InChI is InChI=1S/C31H31N5O5.ClH/c1-40-25-10-6-7-19(28(25)41-2)12-11-18-13-20(15-21-16-34-31(33)35-29(21)32)26-24(14-18)36(22-8-4-3-5-9-22)17-23(27(26)37)30(38)39;/h6-7,10,13-14,16-17,22H,3-5,8-9,15H2,1-2H3,(H,38,39)(H4,32,33,34,35);1H. The highest BCUT2D eigenvalue weighted by atomic mass is 35.5. The molecule has 2 heterocycles. The quantitative estimate of drug-likeness (QED) is 0.274. The Kier molecular flexibility index (Phi) is 9.23. The number of carbonyl (C=O) groups is 1. The van der Waals surface area contributed by atoms with E-state index < -0.39 is 11.4 Å². The van der Waals surface area contributed by atoms with E-state index in [-0.39, 0.29) is 42.2 Å². The molecule has 0 unspecified atom stereocenters. The van der Waals surface area contributed by atoms with Crippen LogP contribution in [0.1, 0.15) is 70.8 Å². The van der Waals surface area contributed by atoms with Gasteiger partial charge in [-0.25, -0.2) is 9.78 Å². The van der Waals surface area contributed by atoms with Crippen LogP contribution in [0.4, 0.5) is 11.8 Å². The van der Waals surface area contributed by atoms with Gasteiger partial charge >= 0.3 is 5.97 Å². The number of carboxylic acids is 1. The minimum absolute atomic E-state index is 0. The van der Waals surface area contributed by atoms with Crippen molar-refractivity contribution in [2.24, 2.45) is 0 Å². The molecule has 11 heteroatoms. The molecule has 1 fully saturated rings. The summed E-state index contributed by atoms with van der Waals surface area (Å²) in [5.41, 5.74) is 14.0. The number of ether oxygens (including phenoxy) is 2. The summed E-state index contributed by atoms with van der Waals surface area (Å²) in [4.78, 5) is 34.0. The van der Waals surface area contributed by atoms with Crippen molar-refractivity contribution in [3.05, 3.63) is 80.8 Å². The summed E-state index contributed by atoms with van der Waals surface area (Å²) in [7, 11) is 3.12. The zero-order valence-corrected chi connectivity index (χ0v) is 24.2. The van der Waals surface area contributed by atoms with E-state index in [4.69, 9.17) is 20.9 Å². The van der Waals surface area contributed by atoms with Gasteiger partial charge in [0.15, 0.2) is 11.5 Å². The van der Waals surface area contributed by atoms with Crippen molar-refractivity contribution < 1.29 is 19.4 Å². The van der Waals surface area contributed by atoms with Crippen molar-refractivity contribution >= 4 is 41.0 Å². The molecule has 218 valence electrons. The predicted octanol–water partition coefficient (Wildman–Crippen LogP) is 4.59. The highest BCUT2D eigenvalue weighted by molar-refractivity contribution is 5.94. The first-order valence-corrected chi connectivity index (χ1v) is 13.4. The van der Waals surface area contributed by atoms with Crippen LogP contribution in [-0.4, -0.2) is 39.8 Å². The highest BCUT2D eigenvalue weighted by Gasteiger charge is 2.23. The van der Waals surface area contributed by atoms with Crippen molar-refractivity contribution in [2.75, 3.05) is 25.7 Å². The van der Waals surface area contributed by atoms with Crippen LogP contribution in [0.5, 0.6) is 11.5 Å². The Morgan fingerprint density at radius 1 is 1.10 bits per heavy atom. The molecule has 5 N–H and O–H groups in total. The summed E-state index contributed by atoms with van der Waals surface area (Å²) in [5, 5.41) is 10.3. The number of anilines is 2. The molecule has 0 amide bonds. The summed E-state index contributed by atoms with van der Waals surface area (Å²) < 4.78 is 12.9. The van der Waals surface area contributed by atoms with E-state index >= 15 is 0 Å². The van der Waals surface area contributed by atoms with Crippen LogP contribution in [0.25, 0.3) is 10.9 Å². The number of nitrogens with two attached hydrogens (primary N) is 2. The molecule has 10 nitrogen and oxygen atoms in total. The maximum Gasteiger partial charge on any atom is 0.341 e. The molecule has 1 saturated carbocycles. The predicted molar refractivity (Wildman–Crippen MR) is 164 cm³/mol. The van der Waals surface area contributed by atoms with E-state index in [1.165, 1.54) is 12.4 Å². The normalized spacial score (nSPS) is 13.1. The van der Waals surface area contributed by atoms with Gasteiger partial charge in [0, 0.05) is 36.0 Å². The molecule has 0 spiro atoms. The Morgan fingerprint density at radius 3 is 2.52 bits per heavy atom. The number of hydrogen-bond acceptors (Lipinski definition) is 8. The Balaban J connectivity index is 0.00000405. The van der Waals surface area contributed by atoms with Crippen molar-refractivity contribution in [3.8, 4) is 23.3 Å². The first kappa shape index (κ1) is 30.2. The number of halogens is 1. The van der Waals surface area contributed by atoms with E-state index in [1.807, 2.05) is 22.8 Å². The number of nitrogen functional groups attached to an aromatic ring is 2. The average molecular weight is 590 g/mol. The maximum absolute atomic E-state index is 13.7. The van der Waals surface area contributed by atoms with E-state index in [0.717, 1.165) is 32.1 Å². The third-order valence-electron chi connectivity index (χ3n) is 7.46. The van der Waals surface area contributed by atoms with Crippen LogP contribution in [0, 0.1) is 11.8 Å². The molecule has 5 rings (SSSR count). The first-order chi connectivity index (χ1) is 19.8. The molecule has 1 aliphatic rings. The number of methoxy groups -OCH3 is 2. The van der Waals surface area contributed by atoms with Gasteiger partial charge in [0.2, 0.25) is 11.4 Å². The molecule has 0 aliphatic heterocycles. The van der Waals surface area contributed by atoms with E-state index in [0.29, 0.717) is 44.7 Å². The van der Waals surface area contributed by atoms with Gasteiger partial charge in [-0.05, 0) is 42.7 Å². The number of nitrogens with zero attached hydrogens (tertiary/aromatic N) is 3. The lowest BCUT2D eigenvalue weighted by atomic mass is 9.93. The van der Waals surface area contributed by atoms with Gasteiger partial charge in [0.1, 0.15) is 11.4 Å². The number of benzene rings is 2. The number of para-hydroxylation sites is 1. The number of hydrogen-bond donors (Lipinski definition) is 3. The van der Waals surface area contributed by atoms with Crippen molar-refractivity contribution in [3.63, 3.8) is 0 Å². The van der Waals surface area contributed by atoms with Gasteiger partial charge in [-0.3, -0.25) is 4.79 Å². The largest absolute Gasteiger partial charge is 0.493 e. The molecule has 1 aliphatic carbocycles. The highest BCUT2D eigenvalue weighted by Crippen LogP contribution is 2.33. The summed E-state index contributed by atoms with van der Waals surface area (Å²) >= 11 is 0. The number of aromatic nitrogens is 3. The number of rotatable bonds is 6. The van der Waals surface area contributed by atoms with E-state index in [2.05, 4.69) is 21.8 Å². The van der Waals surface area contributed by atoms with Crippen LogP contribution in [0.2, 0.25) is 0 Å². The Bertz CT molecular complexity index is 1770. The summed E-state index contributed by atoms with van der Waals surface area (Å²) in [6, 6.07) is 9.15. The van der Waals surface area contributed by atoms with Crippen LogP contribution in [0.3, 0.4) is 0 Å². The fourth-order valence-corrected chi connectivity index (χ4v) is 5.48. The molecule has 2 aromatic heterocycles. The average Bonchev–Trinajstić information content (AvgIpc) is 2.97. The Labute approximate surface area is 249 Å². The fraction of sp³-hybridized carbons (Fsp3) is 0.290. The topological polar surface area (TPSA) is 156 Å². The Morgan fingerprint density at radius 2 is 1.86 bits per heavy atom. The first-order valence-electron chi connectivity index (χ1n) is 13.4. The second kappa shape index (κ2) is 12.8. The number of carboxylic acid groups (broad SMARTS) is 1. The van der Waals surface area contributed by atoms with Gasteiger partial charge in [0.05, 0.1) is 30.7 Å². The van der Waals surface area contributed by atoms with Gasteiger partial charge in [-0.15, -0.1) is 12.4 Å². The van der Waals surface area contributed by atoms with Gasteiger partial charge in [0.25, 0.3) is 0 Å². The number of aromatic carboxylic acids is 1. The maximum atomic E-state index is 13.7. The van der Waals surface area contributed by atoms with Crippen molar-refractivity contribution in [2.45, 2.75) is 44.6 Å². The van der Waals surface area contributed by atoms with Crippen LogP contribution in [0.15, 0.2) is 47.5 Å². The molecule has 0 atom stereocenters. The molecule has 4 aromatic rings. The molecular weight excluding hydrogens is 558 g/mol. The molecule has 0 saturated heterocycles. The minimum Gasteiger partial charge on any atom is -0.493 e.